The molecule has 26 heavy (non-hydrogen) atoms. The van der Waals surface area contributed by atoms with Crippen molar-refractivity contribution in [2.45, 2.75) is 6.54 Å². The summed E-state index contributed by atoms with van der Waals surface area (Å²) in [5.74, 6) is 0.890. The second-order valence-corrected chi connectivity index (χ2v) is 6.53. The van der Waals surface area contributed by atoms with Crippen molar-refractivity contribution in [3.63, 3.8) is 0 Å². The SMILES string of the molecule is S=c1cc(-c2ccccc2)nc(-c2ccccc2)n1Cc1ccccc1. The molecule has 0 amide bonds. The van der Waals surface area contributed by atoms with Gasteiger partial charge in [0, 0.05) is 11.1 Å². The molecule has 0 radical (unpaired) electrons. The summed E-state index contributed by atoms with van der Waals surface area (Å²) in [7, 11) is 0. The summed E-state index contributed by atoms with van der Waals surface area (Å²) in [4.78, 5) is 4.97. The van der Waals surface area contributed by atoms with Crippen molar-refractivity contribution >= 4 is 12.2 Å². The molecule has 2 nitrogen and oxygen atoms in total. The van der Waals surface area contributed by atoms with Crippen LogP contribution in [0.4, 0.5) is 0 Å². The molecule has 3 aromatic carbocycles. The van der Waals surface area contributed by atoms with E-state index >= 15 is 0 Å². The Balaban J connectivity index is 1.89. The van der Waals surface area contributed by atoms with Crippen molar-refractivity contribution in [3.8, 4) is 22.6 Å². The highest BCUT2D eigenvalue weighted by atomic mass is 32.1. The minimum absolute atomic E-state index is 0.700. The van der Waals surface area contributed by atoms with E-state index in [0.717, 1.165) is 27.3 Å². The molecular formula is C23H18N2S. The minimum Gasteiger partial charge on any atom is -0.312 e. The van der Waals surface area contributed by atoms with Gasteiger partial charge >= 0.3 is 0 Å². The van der Waals surface area contributed by atoms with Crippen LogP contribution in [-0.4, -0.2) is 9.55 Å². The Kier molecular flexibility index (Phi) is 4.71. The molecule has 0 unspecified atom stereocenters. The first kappa shape index (κ1) is 16.4. The molecule has 126 valence electrons. The standard InChI is InChI=1S/C23H18N2S/c26-22-16-21(19-12-6-2-7-13-19)24-23(20-14-8-3-9-15-20)25(22)17-18-10-4-1-5-11-18/h1-16H,17H2. The molecule has 1 aromatic heterocycles. The Morgan fingerprint density at radius 3 is 1.85 bits per heavy atom. The topological polar surface area (TPSA) is 17.8 Å². The molecule has 1 heterocycles. The number of hydrogen-bond acceptors (Lipinski definition) is 2. The van der Waals surface area contributed by atoms with Gasteiger partial charge in [0.2, 0.25) is 0 Å². The average molecular weight is 354 g/mol. The van der Waals surface area contributed by atoms with Crippen LogP contribution >= 0.6 is 12.2 Å². The third-order valence-corrected chi connectivity index (χ3v) is 4.63. The lowest BCUT2D eigenvalue weighted by molar-refractivity contribution is 0.768. The van der Waals surface area contributed by atoms with E-state index in [4.69, 9.17) is 17.2 Å². The monoisotopic (exact) mass is 354 g/mol. The molecular weight excluding hydrogens is 336 g/mol. The molecule has 4 aromatic rings. The number of rotatable bonds is 4. The van der Waals surface area contributed by atoms with Gasteiger partial charge in [0.1, 0.15) is 10.5 Å². The van der Waals surface area contributed by atoms with Crippen molar-refractivity contribution in [1.29, 1.82) is 0 Å². The number of nitrogens with zero attached hydrogens (tertiary/aromatic N) is 2. The van der Waals surface area contributed by atoms with Crippen molar-refractivity contribution in [2.24, 2.45) is 0 Å². The van der Waals surface area contributed by atoms with Crippen LogP contribution in [0.15, 0.2) is 97.1 Å². The summed E-state index contributed by atoms with van der Waals surface area (Å²) < 4.78 is 2.88. The Morgan fingerprint density at radius 1 is 0.692 bits per heavy atom. The van der Waals surface area contributed by atoms with Gasteiger partial charge in [-0.1, -0.05) is 103 Å². The molecule has 0 aliphatic rings. The fraction of sp³-hybridized carbons (Fsp3) is 0.0435. The molecule has 0 bridgehead atoms. The van der Waals surface area contributed by atoms with Crippen LogP contribution in [0.25, 0.3) is 22.6 Å². The Labute approximate surface area is 158 Å². The first-order chi connectivity index (χ1) is 12.8. The predicted octanol–water partition coefficient (Wildman–Crippen LogP) is 5.99. The first-order valence-corrected chi connectivity index (χ1v) is 8.99. The largest absolute Gasteiger partial charge is 0.312 e. The maximum absolute atomic E-state index is 5.75. The lowest BCUT2D eigenvalue weighted by atomic mass is 10.1. The van der Waals surface area contributed by atoms with Crippen LogP contribution in [0.5, 0.6) is 0 Å². The molecule has 0 saturated heterocycles. The van der Waals surface area contributed by atoms with E-state index in [-0.39, 0.29) is 0 Å². The highest BCUT2D eigenvalue weighted by molar-refractivity contribution is 7.71. The van der Waals surface area contributed by atoms with Crippen molar-refractivity contribution < 1.29 is 0 Å². The van der Waals surface area contributed by atoms with E-state index in [0.29, 0.717) is 6.54 Å². The van der Waals surface area contributed by atoms with Crippen LogP contribution in [0, 0.1) is 4.64 Å². The van der Waals surface area contributed by atoms with Gasteiger partial charge in [-0.25, -0.2) is 4.98 Å². The van der Waals surface area contributed by atoms with Gasteiger partial charge in [-0.2, -0.15) is 0 Å². The summed E-state index contributed by atoms with van der Waals surface area (Å²) in [5, 5.41) is 0. The second kappa shape index (κ2) is 7.46. The van der Waals surface area contributed by atoms with E-state index in [9.17, 15) is 0 Å². The van der Waals surface area contributed by atoms with Gasteiger partial charge in [0.15, 0.2) is 0 Å². The molecule has 0 N–H and O–H groups in total. The number of benzene rings is 3. The van der Waals surface area contributed by atoms with Crippen LogP contribution in [0.3, 0.4) is 0 Å². The first-order valence-electron chi connectivity index (χ1n) is 8.58. The van der Waals surface area contributed by atoms with Crippen molar-refractivity contribution in [3.05, 3.63) is 107 Å². The van der Waals surface area contributed by atoms with E-state index in [2.05, 4.69) is 41.0 Å². The van der Waals surface area contributed by atoms with Crippen LogP contribution in [0.2, 0.25) is 0 Å². The summed E-state index contributed by atoms with van der Waals surface area (Å²) in [5.41, 5.74) is 4.24. The zero-order valence-corrected chi connectivity index (χ0v) is 15.1. The van der Waals surface area contributed by atoms with Crippen LogP contribution < -0.4 is 0 Å². The summed E-state index contributed by atoms with van der Waals surface area (Å²) in [6, 6.07) is 32.7. The van der Waals surface area contributed by atoms with E-state index < -0.39 is 0 Å². The Hall–Kier alpha value is -3.04. The lowest BCUT2D eigenvalue weighted by Crippen LogP contribution is -2.09. The lowest BCUT2D eigenvalue weighted by Gasteiger charge is -2.15. The van der Waals surface area contributed by atoms with Crippen LogP contribution in [-0.2, 0) is 6.54 Å². The smallest absolute Gasteiger partial charge is 0.141 e. The van der Waals surface area contributed by atoms with E-state index in [1.54, 1.807) is 0 Å². The predicted molar refractivity (Wildman–Crippen MR) is 109 cm³/mol. The van der Waals surface area contributed by atoms with Gasteiger partial charge in [-0.15, -0.1) is 0 Å². The zero-order valence-electron chi connectivity index (χ0n) is 14.2. The van der Waals surface area contributed by atoms with E-state index in [1.807, 2.05) is 60.7 Å². The number of hydrogen-bond donors (Lipinski definition) is 0. The maximum Gasteiger partial charge on any atom is 0.141 e. The molecule has 0 aliphatic carbocycles. The molecule has 4 rings (SSSR count). The number of aromatic nitrogens is 2. The molecule has 0 fully saturated rings. The summed E-state index contributed by atoms with van der Waals surface area (Å²) >= 11 is 5.75. The van der Waals surface area contributed by atoms with E-state index in [1.165, 1.54) is 5.56 Å². The van der Waals surface area contributed by atoms with Gasteiger partial charge in [0.05, 0.1) is 12.2 Å². The van der Waals surface area contributed by atoms with Crippen molar-refractivity contribution in [1.82, 2.24) is 9.55 Å². The molecule has 0 spiro atoms. The highest BCUT2D eigenvalue weighted by Crippen LogP contribution is 2.24. The average Bonchev–Trinajstić information content (AvgIpc) is 2.71. The molecule has 0 atom stereocenters. The normalized spacial score (nSPS) is 10.6. The fourth-order valence-corrected chi connectivity index (χ4v) is 3.25. The molecule has 0 saturated carbocycles. The van der Waals surface area contributed by atoms with Gasteiger partial charge in [0.25, 0.3) is 0 Å². The Bertz CT molecular complexity index is 1060. The van der Waals surface area contributed by atoms with Gasteiger partial charge in [-0.3, -0.25) is 0 Å². The summed E-state index contributed by atoms with van der Waals surface area (Å²) in [6.45, 7) is 0.700. The molecule has 3 heteroatoms. The van der Waals surface area contributed by atoms with Crippen LogP contribution in [0.1, 0.15) is 5.56 Å². The third-order valence-electron chi connectivity index (χ3n) is 4.29. The second-order valence-electron chi connectivity index (χ2n) is 6.11. The Morgan fingerprint density at radius 2 is 1.23 bits per heavy atom. The fourth-order valence-electron chi connectivity index (χ4n) is 2.99. The molecule has 0 aliphatic heterocycles. The van der Waals surface area contributed by atoms with Gasteiger partial charge < -0.3 is 4.57 Å². The quantitative estimate of drug-likeness (QED) is 0.419. The highest BCUT2D eigenvalue weighted by Gasteiger charge is 2.11. The maximum atomic E-state index is 5.75. The zero-order chi connectivity index (χ0) is 17.8. The van der Waals surface area contributed by atoms with Crippen molar-refractivity contribution in [2.75, 3.05) is 0 Å². The summed E-state index contributed by atoms with van der Waals surface area (Å²) in [6.07, 6.45) is 0. The minimum atomic E-state index is 0.700. The third kappa shape index (κ3) is 3.48. The van der Waals surface area contributed by atoms with Gasteiger partial charge in [-0.05, 0) is 11.6 Å².